The highest BCUT2D eigenvalue weighted by Crippen LogP contribution is 2.25. The summed E-state index contributed by atoms with van der Waals surface area (Å²) in [5.74, 6) is 0.594. The first-order valence-electron chi connectivity index (χ1n) is 9.49. The third-order valence-electron chi connectivity index (χ3n) is 4.90. The smallest absolute Gasteiger partial charge is 0.322 e. The molecular weight excluding hydrogens is 372 g/mol. The average molecular weight is 398 g/mol. The maximum absolute atomic E-state index is 12.7. The van der Waals surface area contributed by atoms with Crippen molar-refractivity contribution in [2.75, 3.05) is 43.5 Å². The number of piperazine rings is 1. The topological polar surface area (TPSA) is 84.0 Å². The van der Waals surface area contributed by atoms with Crippen LogP contribution in [0.4, 0.5) is 16.2 Å². The van der Waals surface area contributed by atoms with Crippen molar-refractivity contribution in [1.82, 2.24) is 9.88 Å². The van der Waals surface area contributed by atoms with Crippen molar-refractivity contribution in [3.63, 3.8) is 0 Å². The Balaban J connectivity index is 1.58. The molecule has 2 aromatic rings. The van der Waals surface area contributed by atoms with Gasteiger partial charge in [0.15, 0.2) is 0 Å². The zero-order valence-electron chi connectivity index (χ0n) is 17.2. The Kier molecular flexibility index (Phi) is 6.21. The lowest BCUT2D eigenvalue weighted by Crippen LogP contribution is -2.50. The first-order chi connectivity index (χ1) is 13.9. The summed E-state index contributed by atoms with van der Waals surface area (Å²) in [4.78, 5) is 32.0. The molecule has 0 bridgehead atoms. The SMILES string of the molecule is COc1nc(C)c(C)cc1NC(=O)N1CCN(c2ccc(OC(C)=O)cc2)CC1. The molecule has 1 aliphatic rings. The minimum absolute atomic E-state index is 0.168. The molecule has 1 aromatic heterocycles. The Morgan fingerprint density at radius 3 is 2.31 bits per heavy atom. The summed E-state index contributed by atoms with van der Waals surface area (Å²) < 4.78 is 10.4. The molecule has 0 spiro atoms. The van der Waals surface area contributed by atoms with Gasteiger partial charge in [-0.15, -0.1) is 0 Å². The largest absolute Gasteiger partial charge is 0.480 e. The van der Waals surface area contributed by atoms with E-state index in [1.54, 1.807) is 17.0 Å². The molecule has 0 unspecified atom stereocenters. The second kappa shape index (κ2) is 8.81. The standard InChI is InChI=1S/C21H26N4O4/c1-14-13-19(20(28-4)22-15(14)2)23-21(27)25-11-9-24(10-12-25)17-5-7-18(8-6-17)29-16(3)26/h5-8,13H,9-12H2,1-4H3,(H,23,27). The Morgan fingerprint density at radius 2 is 1.72 bits per heavy atom. The average Bonchev–Trinajstić information content (AvgIpc) is 2.71. The van der Waals surface area contributed by atoms with Crippen LogP contribution in [-0.4, -0.2) is 55.2 Å². The number of hydrogen-bond donors (Lipinski definition) is 1. The molecule has 0 atom stereocenters. The molecule has 1 aliphatic heterocycles. The van der Waals surface area contributed by atoms with E-state index in [1.165, 1.54) is 14.0 Å². The lowest BCUT2D eigenvalue weighted by molar-refractivity contribution is -0.131. The molecule has 3 rings (SSSR count). The van der Waals surface area contributed by atoms with Crippen LogP contribution in [0.3, 0.4) is 0 Å². The van der Waals surface area contributed by atoms with Gasteiger partial charge in [0, 0.05) is 44.5 Å². The van der Waals surface area contributed by atoms with E-state index in [-0.39, 0.29) is 12.0 Å². The molecule has 1 N–H and O–H groups in total. The summed E-state index contributed by atoms with van der Waals surface area (Å²) in [6.45, 7) is 7.84. The number of aryl methyl sites for hydroxylation is 2. The summed E-state index contributed by atoms with van der Waals surface area (Å²) in [6.07, 6.45) is 0. The van der Waals surface area contributed by atoms with Crippen molar-refractivity contribution in [3.05, 3.63) is 41.6 Å². The molecule has 2 amide bonds. The number of methoxy groups -OCH3 is 1. The van der Waals surface area contributed by atoms with Crippen molar-refractivity contribution in [3.8, 4) is 11.6 Å². The number of esters is 1. The normalized spacial score (nSPS) is 13.8. The molecule has 29 heavy (non-hydrogen) atoms. The van der Waals surface area contributed by atoms with Crippen molar-refractivity contribution < 1.29 is 19.1 Å². The van der Waals surface area contributed by atoms with Crippen molar-refractivity contribution in [2.24, 2.45) is 0 Å². The van der Waals surface area contributed by atoms with Gasteiger partial charge in [0.25, 0.3) is 0 Å². The molecule has 1 saturated heterocycles. The van der Waals surface area contributed by atoms with Gasteiger partial charge in [0.05, 0.1) is 7.11 Å². The van der Waals surface area contributed by atoms with Gasteiger partial charge in [0.2, 0.25) is 5.88 Å². The van der Waals surface area contributed by atoms with Crippen LogP contribution >= 0.6 is 0 Å². The molecule has 1 aromatic carbocycles. The highest BCUT2D eigenvalue weighted by Gasteiger charge is 2.22. The molecule has 154 valence electrons. The highest BCUT2D eigenvalue weighted by atomic mass is 16.5. The second-order valence-electron chi connectivity index (χ2n) is 6.94. The first kappa shape index (κ1) is 20.4. The summed E-state index contributed by atoms with van der Waals surface area (Å²) >= 11 is 0. The molecule has 0 aliphatic carbocycles. The van der Waals surface area contributed by atoms with Crippen molar-refractivity contribution >= 4 is 23.4 Å². The van der Waals surface area contributed by atoms with Crippen LogP contribution in [0.1, 0.15) is 18.2 Å². The molecule has 0 radical (unpaired) electrons. The summed E-state index contributed by atoms with van der Waals surface area (Å²) in [5, 5.41) is 2.91. The zero-order chi connectivity index (χ0) is 21.0. The van der Waals surface area contributed by atoms with E-state index in [1.807, 2.05) is 32.0 Å². The number of urea groups is 1. The van der Waals surface area contributed by atoms with E-state index in [2.05, 4.69) is 15.2 Å². The lowest BCUT2D eigenvalue weighted by atomic mass is 10.2. The number of carbonyl (C=O) groups is 2. The number of benzene rings is 1. The van der Waals surface area contributed by atoms with E-state index in [4.69, 9.17) is 9.47 Å². The quantitative estimate of drug-likeness (QED) is 0.630. The number of rotatable bonds is 4. The van der Waals surface area contributed by atoms with E-state index < -0.39 is 0 Å². The van der Waals surface area contributed by atoms with Gasteiger partial charge >= 0.3 is 12.0 Å². The van der Waals surface area contributed by atoms with E-state index in [9.17, 15) is 9.59 Å². The Bertz CT molecular complexity index is 890. The number of carbonyl (C=O) groups excluding carboxylic acids is 2. The van der Waals surface area contributed by atoms with Gasteiger partial charge in [-0.25, -0.2) is 9.78 Å². The zero-order valence-corrected chi connectivity index (χ0v) is 17.2. The number of nitrogens with one attached hydrogen (secondary N) is 1. The van der Waals surface area contributed by atoms with Crippen LogP contribution in [0, 0.1) is 13.8 Å². The van der Waals surface area contributed by atoms with Crippen LogP contribution < -0.4 is 19.7 Å². The number of aromatic nitrogens is 1. The number of hydrogen-bond acceptors (Lipinski definition) is 6. The number of amides is 2. The third-order valence-corrected chi connectivity index (χ3v) is 4.90. The number of ether oxygens (including phenoxy) is 2. The minimum atomic E-state index is -0.340. The summed E-state index contributed by atoms with van der Waals surface area (Å²) in [5.41, 5.74) is 3.46. The second-order valence-corrected chi connectivity index (χ2v) is 6.94. The van der Waals surface area contributed by atoms with Crippen LogP contribution in [-0.2, 0) is 4.79 Å². The Morgan fingerprint density at radius 1 is 1.07 bits per heavy atom. The fourth-order valence-corrected chi connectivity index (χ4v) is 3.18. The van der Waals surface area contributed by atoms with Crippen LogP contribution in [0.5, 0.6) is 11.6 Å². The summed E-state index contributed by atoms with van der Waals surface area (Å²) in [7, 11) is 1.54. The van der Waals surface area contributed by atoms with E-state index in [0.29, 0.717) is 43.5 Å². The number of anilines is 2. The molecule has 1 fully saturated rings. The molecule has 8 heteroatoms. The fourth-order valence-electron chi connectivity index (χ4n) is 3.18. The molecular formula is C21H26N4O4. The predicted octanol–water partition coefficient (Wildman–Crippen LogP) is 2.99. The molecule has 2 heterocycles. The lowest BCUT2D eigenvalue weighted by Gasteiger charge is -2.36. The van der Waals surface area contributed by atoms with Crippen LogP contribution in [0.15, 0.2) is 30.3 Å². The van der Waals surface area contributed by atoms with Crippen LogP contribution in [0.25, 0.3) is 0 Å². The molecule has 8 nitrogen and oxygen atoms in total. The predicted molar refractivity (Wildman–Crippen MR) is 111 cm³/mol. The van der Waals surface area contributed by atoms with Crippen molar-refractivity contribution in [1.29, 1.82) is 0 Å². The van der Waals surface area contributed by atoms with Crippen LogP contribution in [0.2, 0.25) is 0 Å². The maximum atomic E-state index is 12.7. The van der Waals surface area contributed by atoms with Crippen molar-refractivity contribution in [2.45, 2.75) is 20.8 Å². The number of pyridine rings is 1. The van der Waals surface area contributed by atoms with E-state index in [0.717, 1.165) is 16.9 Å². The first-order valence-corrected chi connectivity index (χ1v) is 9.49. The van der Waals surface area contributed by atoms with E-state index >= 15 is 0 Å². The van der Waals surface area contributed by atoms with Gasteiger partial charge in [-0.3, -0.25) is 4.79 Å². The Hall–Kier alpha value is -3.29. The molecule has 0 saturated carbocycles. The number of nitrogens with zero attached hydrogens (tertiary/aromatic N) is 3. The fraction of sp³-hybridized carbons (Fsp3) is 0.381. The third kappa shape index (κ3) is 4.96. The highest BCUT2D eigenvalue weighted by molar-refractivity contribution is 5.91. The minimum Gasteiger partial charge on any atom is -0.480 e. The van der Waals surface area contributed by atoms with Gasteiger partial charge in [-0.05, 0) is 49.7 Å². The maximum Gasteiger partial charge on any atom is 0.322 e. The van der Waals surface area contributed by atoms with Gasteiger partial charge in [0.1, 0.15) is 11.4 Å². The van der Waals surface area contributed by atoms with Gasteiger partial charge in [-0.2, -0.15) is 0 Å². The summed E-state index contributed by atoms with van der Waals surface area (Å²) in [6, 6.07) is 9.08. The van der Waals surface area contributed by atoms with Gasteiger partial charge in [-0.1, -0.05) is 0 Å². The Labute approximate surface area is 170 Å². The van der Waals surface area contributed by atoms with Gasteiger partial charge < -0.3 is 24.6 Å². The monoisotopic (exact) mass is 398 g/mol.